The molecule has 1 amide bonds. The molecule has 0 unspecified atom stereocenters. The molecule has 0 saturated carbocycles. The lowest BCUT2D eigenvalue weighted by Gasteiger charge is -2.11. The summed E-state index contributed by atoms with van der Waals surface area (Å²) in [5, 5.41) is 13.4. The van der Waals surface area contributed by atoms with Gasteiger partial charge in [0.05, 0.1) is 23.9 Å². The van der Waals surface area contributed by atoms with Crippen molar-refractivity contribution in [2.45, 2.75) is 13.5 Å². The standard InChI is InChI=1S/C15H15N3O5/c1-10-3-5-13(23-2)12(7-10)16-14(19)9-17-8-11(18(21)22)4-6-15(17)20/h3-8H,9H2,1-2H3,(H,16,19). The van der Waals surface area contributed by atoms with Gasteiger partial charge in [-0.1, -0.05) is 6.07 Å². The van der Waals surface area contributed by atoms with Gasteiger partial charge in [-0.05, 0) is 24.6 Å². The third-order valence-electron chi connectivity index (χ3n) is 3.12. The maximum absolute atomic E-state index is 12.1. The van der Waals surface area contributed by atoms with Crippen molar-refractivity contribution in [3.63, 3.8) is 0 Å². The summed E-state index contributed by atoms with van der Waals surface area (Å²) in [6.07, 6.45) is 1.04. The molecular weight excluding hydrogens is 302 g/mol. The number of rotatable bonds is 5. The summed E-state index contributed by atoms with van der Waals surface area (Å²) in [4.78, 5) is 33.9. The smallest absolute Gasteiger partial charge is 0.285 e. The lowest BCUT2D eigenvalue weighted by atomic mass is 10.2. The topological polar surface area (TPSA) is 103 Å². The van der Waals surface area contributed by atoms with Crippen LogP contribution in [0.3, 0.4) is 0 Å². The van der Waals surface area contributed by atoms with Gasteiger partial charge in [0, 0.05) is 12.1 Å². The van der Waals surface area contributed by atoms with Gasteiger partial charge < -0.3 is 10.1 Å². The molecule has 1 aromatic carbocycles. The molecule has 0 aliphatic rings. The van der Waals surface area contributed by atoms with Gasteiger partial charge in [-0.2, -0.15) is 0 Å². The Balaban J connectivity index is 2.20. The van der Waals surface area contributed by atoms with Crippen LogP contribution in [0.15, 0.2) is 41.3 Å². The summed E-state index contributed by atoms with van der Waals surface area (Å²) >= 11 is 0. The van der Waals surface area contributed by atoms with Gasteiger partial charge in [-0.3, -0.25) is 24.3 Å². The minimum Gasteiger partial charge on any atom is -0.495 e. The predicted octanol–water partition coefficient (Wildman–Crippen LogP) is 1.71. The summed E-state index contributed by atoms with van der Waals surface area (Å²) < 4.78 is 6.14. The average molecular weight is 317 g/mol. The Morgan fingerprint density at radius 2 is 2.09 bits per heavy atom. The number of nitrogens with one attached hydrogen (secondary N) is 1. The molecular formula is C15H15N3O5. The number of methoxy groups -OCH3 is 1. The van der Waals surface area contributed by atoms with Crippen molar-refractivity contribution in [1.82, 2.24) is 4.57 Å². The minimum absolute atomic E-state index is 0.259. The molecule has 8 nitrogen and oxygen atoms in total. The molecule has 0 atom stereocenters. The quantitative estimate of drug-likeness (QED) is 0.668. The van der Waals surface area contributed by atoms with E-state index in [9.17, 15) is 19.7 Å². The van der Waals surface area contributed by atoms with E-state index < -0.39 is 16.4 Å². The van der Waals surface area contributed by atoms with Crippen molar-refractivity contribution >= 4 is 17.3 Å². The SMILES string of the molecule is COc1ccc(C)cc1NC(=O)Cn1cc([N+](=O)[O-])ccc1=O. The minimum atomic E-state index is -0.628. The number of amides is 1. The zero-order valence-electron chi connectivity index (χ0n) is 12.6. The maximum Gasteiger partial charge on any atom is 0.285 e. The van der Waals surface area contributed by atoms with E-state index in [-0.39, 0.29) is 12.2 Å². The molecule has 0 fully saturated rings. The van der Waals surface area contributed by atoms with Crippen LogP contribution in [0.1, 0.15) is 5.56 Å². The van der Waals surface area contributed by atoms with Gasteiger partial charge in [-0.25, -0.2) is 0 Å². The number of carbonyl (C=O) groups excluding carboxylic acids is 1. The monoisotopic (exact) mass is 317 g/mol. The second-order valence-electron chi connectivity index (χ2n) is 4.86. The lowest BCUT2D eigenvalue weighted by Crippen LogP contribution is -2.27. The van der Waals surface area contributed by atoms with Crippen molar-refractivity contribution in [3.05, 3.63) is 62.6 Å². The Bertz CT molecular complexity index is 813. The molecule has 0 aliphatic carbocycles. The molecule has 1 N–H and O–H groups in total. The zero-order chi connectivity index (χ0) is 17.0. The van der Waals surface area contributed by atoms with E-state index >= 15 is 0 Å². The molecule has 23 heavy (non-hydrogen) atoms. The molecule has 1 heterocycles. The number of nitrogens with zero attached hydrogens (tertiary/aromatic N) is 2. The van der Waals surface area contributed by atoms with Crippen LogP contribution in [-0.4, -0.2) is 22.5 Å². The lowest BCUT2D eigenvalue weighted by molar-refractivity contribution is -0.385. The molecule has 1 aromatic heterocycles. The van der Waals surface area contributed by atoms with Crippen molar-refractivity contribution in [1.29, 1.82) is 0 Å². The van der Waals surface area contributed by atoms with E-state index in [2.05, 4.69) is 5.32 Å². The second kappa shape index (κ2) is 6.73. The fraction of sp³-hybridized carbons (Fsp3) is 0.200. The van der Waals surface area contributed by atoms with Crippen LogP contribution in [0.4, 0.5) is 11.4 Å². The largest absolute Gasteiger partial charge is 0.495 e. The fourth-order valence-corrected chi connectivity index (χ4v) is 2.01. The van der Waals surface area contributed by atoms with Gasteiger partial charge in [0.1, 0.15) is 12.3 Å². The molecule has 2 aromatic rings. The molecule has 0 spiro atoms. The first-order valence-corrected chi connectivity index (χ1v) is 6.70. The highest BCUT2D eigenvalue weighted by Gasteiger charge is 2.12. The van der Waals surface area contributed by atoms with Crippen molar-refractivity contribution in [2.75, 3.05) is 12.4 Å². The highest BCUT2D eigenvalue weighted by molar-refractivity contribution is 5.92. The average Bonchev–Trinajstić information content (AvgIpc) is 2.49. The first kappa shape index (κ1) is 16.2. The number of hydrogen-bond donors (Lipinski definition) is 1. The summed E-state index contributed by atoms with van der Waals surface area (Å²) in [6, 6.07) is 7.43. The van der Waals surface area contributed by atoms with Crippen LogP contribution >= 0.6 is 0 Å². The van der Waals surface area contributed by atoms with E-state index in [1.165, 1.54) is 7.11 Å². The number of pyridine rings is 1. The second-order valence-corrected chi connectivity index (χ2v) is 4.86. The predicted molar refractivity (Wildman–Crippen MR) is 83.7 cm³/mol. The molecule has 0 bridgehead atoms. The number of aromatic nitrogens is 1. The normalized spacial score (nSPS) is 10.2. The third-order valence-corrected chi connectivity index (χ3v) is 3.12. The van der Waals surface area contributed by atoms with Crippen LogP contribution < -0.4 is 15.6 Å². The van der Waals surface area contributed by atoms with Crippen LogP contribution in [0, 0.1) is 17.0 Å². The van der Waals surface area contributed by atoms with Crippen LogP contribution in [0.25, 0.3) is 0 Å². The summed E-state index contributed by atoms with van der Waals surface area (Å²) in [5.74, 6) is -0.00756. The fourth-order valence-electron chi connectivity index (χ4n) is 2.01. The number of benzene rings is 1. The highest BCUT2D eigenvalue weighted by atomic mass is 16.6. The molecule has 120 valence electrons. The number of aryl methyl sites for hydroxylation is 1. The molecule has 8 heteroatoms. The van der Waals surface area contributed by atoms with Crippen LogP contribution in [0.2, 0.25) is 0 Å². The maximum atomic E-state index is 12.1. The van der Waals surface area contributed by atoms with Crippen molar-refractivity contribution in [3.8, 4) is 5.75 Å². The van der Waals surface area contributed by atoms with Crippen molar-refractivity contribution in [2.24, 2.45) is 0 Å². The number of hydrogen-bond acceptors (Lipinski definition) is 5. The van der Waals surface area contributed by atoms with E-state index in [1.807, 2.05) is 13.0 Å². The first-order chi connectivity index (χ1) is 10.9. The summed E-state index contributed by atoms with van der Waals surface area (Å²) in [7, 11) is 1.48. The molecule has 2 rings (SSSR count). The zero-order valence-corrected chi connectivity index (χ0v) is 12.6. The number of nitro groups is 1. The number of anilines is 1. The number of ether oxygens (including phenoxy) is 1. The van der Waals surface area contributed by atoms with Crippen LogP contribution in [0.5, 0.6) is 5.75 Å². The van der Waals surface area contributed by atoms with Crippen molar-refractivity contribution < 1.29 is 14.5 Å². The van der Waals surface area contributed by atoms with Gasteiger partial charge in [0.2, 0.25) is 5.91 Å². The Hall–Kier alpha value is -3.16. The van der Waals surface area contributed by atoms with Gasteiger partial charge in [-0.15, -0.1) is 0 Å². The summed E-state index contributed by atoms with van der Waals surface area (Å²) in [5.41, 5.74) is 0.636. The first-order valence-electron chi connectivity index (χ1n) is 6.70. The van der Waals surface area contributed by atoms with E-state index in [1.54, 1.807) is 12.1 Å². The molecule has 0 aliphatic heterocycles. The van der Waals surface area contributed by atoms with Crippen LogP contribution in [-0.2, 0) is 11.3 Å². The van der Waals surface area contributed by atoms with Gasteiger partial charge >= 0.3 is 0 Å². The van der Waals surface area contributed by atoms with Gasteiger partial charge in [0.25, 0.3) is 11.2 Å². The van der Waals surface area contributed by atoms with E-state index in [0.717, 1.165) is 28.5 Å². The molecule has 0 radical (unpaired) electrons. The van der Waals surface area contributed by atoms with E-state index in [0.29, 0.717) is 11.4 Å². The third kappa shape index (κ3) is 3.94. The molecule has 0 saturated heterocycles. The highest BCUT2D eigenvalue weighted by Crippen LogP contribution is 2.25. The summed E-state index contributed by atoms with van der Waals surface area (Å²) in [6.45, 7) is 1.53. The number of carbonyl (C=O) groups is 1. The van der Waals surface area contributed by atoms with Gasteiger partial charge in [0.15, 0.2) is 0 Å². The Labute approximate surface area is 131 Å². The Morgan fingerprint density at radius 3 is 2.74 bits per heavy atom. The Morgan fingerprint density at radius 1 is 1.35 bits per heavy atom. The Kier molecular flexibility index (Phi) is 4.75. The van der Waals surface area contributed by atoms with E-state index in [4.69, 9.17) is 4.74 Å².